The highest BCUT2D eigenvalue weighted by Gasteiger charge is 2.21. The molecule has 1 aliphatic heterocycles. The van der Waals surface area contributed by atoms with Crippen molar-refractivity contribution >= 4 is 17.4 Å². The Morgan fingerprint density at radius 3 is 3.06 bits per heavy atom. The Hall–Kier alpha value is -1.76. The molecule has 1 fully saturated rings. The average molecular weight is 252 g/mol. The third kappa shape index (κ3) is 2.68. The summed E-state index contributed by atoms with van der Waals surface area (Å²) in [5.74, 6) is 0.508. The molecular formula is C10H12N4O2S. The molecule has 0 spiro atoms. The van der Waals surface area contributed by atoms with E-state index in [1.54, 1.807) is 18.0 Å². The van der Waals surface area contributed by atoms with E-state index in [-0.39, 0.29) is 0 Å². The van der Waals surface area contributed by atoms with Crippen molar-refractivity contribution in [2.24, 2.45) is 0 Å². The molecule has 17 heavy (non-hydrogen) atoms. The quantitative estimate of drug-likeness (QED) is 0.496. The highest BCUT2D eigenvalue weighted by molar-refractivity contribution is 7.98. The van der Waals surface area contributed by atoms with Crippen molar-refractivity contribution in [2.75, 3.05) is 24.2 Å². The van der Waals surface area contributed by atoms with E-state index in [2.05, 4.69) is 10.3 Å². The fourth-order valence-corrected chi connectivity index (χ4v) is 2.01. The van der Waals surface area contributed by atoms with E-state index in [4.69, 9.17) is 0 Å². The summed E-state index contributed by atoms with van der Waals surface area (Å²) in [4.78, 5) is 16.1. The van der Waals surface area contributed by atoms with Crippen LogP contribution in [0.1, 0.15) is 0 Å². The summed E-state index contributed by atoms with van der Waals surface area (Å²) < 4.78 is 0. The molecule has 0 unspecified atom stereocenters. The minimum Gasteiger partial charge on any atom is -0.365 e. The van der Waals surface area contributed by atoms with Gasteiger partial charge < -0.3 is 10.2 Å². The van der Waals surface area contributed by atoms with Gasteiger partial charge in [0.25, 0.3) is 6.20 Å². The van der Waals surface area contributed by atoms with Crippen LogP contribution in [0.4, 0.5) is 5.69 Å². The second-order valence-corrected chi connectivity index (χ2v) is 4.26. The van der Waals surface area contributed by atoms with Gasteiger partial charge in [0.1, 0.15) is 0 Å². The van der Waals surface area contributed by atoms with Crippen molar-refractivity contribution in [1.29, 1.82) is 0 Å². The Balaban J connectivity index is 2.23. The van der Waals surface area contributed by atoms with Crippen LogP contribution in [0.5, 0.6) is 0 Å². The molecular weight excluding hydrogens is 240 g/mol. The Morgan fingerprint density at radius 1 is 1.65 bits per heavy atom. The molecule has 6 nitrogen and oxygen atoms in total. The molecule has 0 saturated carbocycles. The summed E-state index contributed by atoms with van der Waals surface area (Å²) in [5, 5.41) is 14.4. The number of rotatable bonds is 3. The number of anilines is 1. The fourth-order valence-electron chi connectivity index (χ4n) is 1.65. The van der Waals surface area contributed by atoms with Crippen LogP contribution in [-0.4, -0.2) is 29.3 Å². The van der Waals surface area contributed by atoms with E-state index in [1.807, 2.05) is 23.3 Å². The number of nitrogens with one attached hydrogen (secondary N) is 1. The summed E-state index contributed by atoms with van der Waals surface area (Å²) in [6, 6.07) is 3.82. The van der Waals surface area contributed by atoms with E-state index in [0.717, 1.165) is 16.9 Å². The molecule has 1 aromatic heterocycles. The number of aromatic nitrogens is 1. The maximum atomic E-state index is 10.5. The van der Waals surface area contributed by atoms with Crippen molar-refractivity contribution in [1.82, 2.24) is 10.3 Å². The van der Waals surface area contributed by atoms with Crippen LogP contribution in [0.15, 0.2) is 35.4 Å². The molecule has 2 rings (SSSR count). The lowest BCUT2D eigenvalue weighted by Crippen LogP contribution is -2.20. The molecule has 0 aromatic carbocycles. The molecule has 0 atom stereocenters. The van der Waals surface area contributed by atoms with Gasteiger partial charge in [0.2, 0.25) is 0 Å². The predicted octanol–water partition coefficient (Wildman–Crippen LogP) is 1.29. The molecule has 90 valence electrons. The van der Waals surface area contributed by atoms with Crippen LogP contribution in [0.3, 0.4) is 0 Å². The SMILES string of the molecule is CSc1ccc(N2CCNC2=C[N+](=O)[O-])cn1. The summed E-state index contributed by atoms with van der Waals surface area (Å²) in [6.07, 6.45) is 4.67. The smallest absolute Gasteiger partial charge is 0.274 e. The summed E-state index contributed by atoms with van der Waals surface area (Å²) in [7, 11) is 0. The highest BCUT2D eigenvalue weighted by Crippen LogP contribution is 2.22. The molecule has 0 radical (unpaired) electrons. The third-order valence-corrected chi connectivity index (χ3v) is 3.06. The number of thioether (sulfide) groups is 1. The largest absolute Gasteiger partial charge is 0.365 e. The van der Waals surface area contributed by atoms with E-state index in [0.29, 0.717) is 18.9 Å². The Morgan fingerprint density at radius 2 is 2.47 bits per heavy atom. The first-order valence-electron chi connectivity index (χ1n) is 5.07. The van der Waals surface area contributed by atoms with Gasteiger partial charge in [0.15, 0.2) is 5.82 Å². The second-order valence-electron chi connectivity index (χ2n) is 3.44. The zero-order chi connectivity index (χ0) is 12.3. The number of hydrogen-bond acceptors (Lipinski definition) is 6. The molecule has 0 amide bonds. The molecule has 2 heterocycles. The average Bonchev–Trinajstić information content (AvgIpc) is 2.76. The Kier molecular flexibility index (Phi) is 3.48. The van der Waals surface area contributed by atoms with Gasteiger partial charge in [-0.25, -0.2) is 4.98 Å². The topological polar surface area (TPSA) is 71.3 Å². The van der Waals surface area contributed by atoms with Gasteiger partial charge in [-0.3, -0.25) is 10.1 Å². The van der Waals surface area contributed by atoms with Crippen molar-refractivity contribution in [3.8, 4) is 0 Å². The van der Waals surface area contributed by atoms with Gasteiger partial charge in [-0.1, -0.05) is 0 Å². The molecule has 1 N–H and O–H groups in total. The monoisotopic (exact) mass is 252 g/mol. The van der Waals surface area contributed by atoms with Crippen LogP contribution in [-0.2, 0) is 0 Å². The van der Waals surface area contributed by atoms with Gasteiger partial charge in [-0.2, -0.15) is 0 Å². The minimum absolute atomic E-state index is 0.454. The first-order valence-corrected chi connectivity index (χ1v) is 6.30. The maximum absolute atomic E-state index is 10.5. The highest BCUT2D eigenvalue weighted by atomic mass is 32.2. The molecule has 1 saturated heterocycles. The van der Waals surface area contributed by atoms with E-state index >= 15 is 0 Å². The molecule has 1 aliphatic rings. The number of nitro groups is 1. The summed E-state index contributed by atoms with van der Waals surface area (Å²) in [5.41, 5.74) is 0.862. The lowest BCUT2D eigenvalue weighted by atomic mass is 10.4. The zero-order valence-corrected chi connectivity index (χ0v) is 10.1. The lowest BCUT2D eigenvalue weighted by molar-refractivity contribution is -0.403. The number of pyridine rings is 1. The van der Waals surface area contributed by atoms with Crippen molar-refractivity contribution < 1.29 is 4.92 Å². The van der Waals surface area contributed by atoms with Gasteiger partial charge >= 0.3 is 0 Å². The maximum Gasteiger partial charge on any atom is 0.274 e. The molecule has 0 aliphatic carbocycles. The fraction of sp³-hybridized carbons (Fsp3) is 0.300. The summed E-state index contributed by atoms with van der Waals surface area (Å²) in [6.45, 7) is 1.41. The first-order chi connectivity index (χ1) is 8.20. The molecule has 7 heteroatoms. The van der Waals surface area contributed by atoms with Gasteiger partial charge in [-0.05, 0) is 18.4 Å². The van der Waals surface area contributed by atoms with Crippen molar-refractivity contribution in [2.45, 2.75) is 5.03 Å². The van der Waals surface area contributed by atoms with Gasteiger partial charge in [0, 0.05) is 13.1 Å². The van der Waals surface area contributed by atoms with E-state index in [1.165, 1.54) is 0 Å². The standard InChI is InChI=1S/C10H12N4O2S/c1-17-10-3-2-8(6-12-10)13-5-4-11-9(13)7-14(15)16/h2-3,6-7,11H,4-5H2,1H3. The lowest BCUT2D eigenvalue weighted by Gasteiger charge is -2.16. The number of hydrogen-bond donors (Lipinski definition) is 1. The van der Waals surface area contributed by atoms with Gasteiger partial charge in [0.05, 0.1) is 21.8 Å². The number of nitrogens with zero attached hydrogens (tertiary/aromatic N) is 3. The predicted molar refractivity (Wildman–Crippen MR) is 66.4 cm³/mol. The van der Waals surface area contributed by atoms with Crippen LogP contribution in [0.25, 0.3) is 0 Å². The van der Waals surface area contributed by atoms with Gasteiger partial charge in [-0.15, -0.1) is 11.8 Å². The summed E-state index contributed by atoms with van der Waals surface area (Å²) >= 11 is 1.56. The zero-order valence-electron chi connectivity index (χ0n) is 9.29. The minimum atomic E-state index is -0.454. The Bertz CT molecular complexity index is 446. The van der Waals surface area contributed by atoms with E-state index in [9.17, 15) is 10.1 Å². The normalized spacial score (nSPS) is 17.2. The Labute approximate surface area is 103 Å². The van der Waals surface area contributed by atoms with Crippen LogP contribution in [0.2, 0.25) is 0 Å². The van der Waals surface area contributed by atoms with Crippen LogP contribution >= 0.6 is 11.8 Å². The van der Waals surface area contributed by atoms with Crippen molar-refractivity contribution in [3.63, 3.8) is 0 Å². The first kappa shape index (κ1) is 11.7. The third-order valence-electron chi connectivity index (χ3n) is 2.40. The van der Waals surface area contributed by atoms with Crippen LogP contribution in [0, 0.1) is 10.1 Å². The van der Waals surface area contributed by atoms with Crippen LogP contribution < -0.4 is 10.2 Å². The second kappa shape index (κ2) is 5.05. The van der Waals surface area contributed by atoms with E-state index < -0.39 is 4.92 Å². The molecule has 1 aromatic rings. The molecule has 0 bridgehead atoms. The van der Waals surface area contributed by atoms with Crippen molar-refractivity contribution in [3.05, 3.63) is 40.5 Å².